The van der Waals surface area contributed by atoms with E-state index >= 15 is 0 Å². The molecule has 0 bridgehead atoms. The summed E-state index contributed by atoms with van der Waals surface area (Å²) in [4.78, 5) is 34.4. The number of thioether (sulfide) groups is 1. The summed E-state index contributed by atoms with van der Waals surface area (Å²) in [5, 5.41) is 12.9. The fourth-order valence-corrected chi connectivity index (χ4v) is 3.78. The number of nitrogens with one attached hydrogen (secondary N) is 2. The van der Waals surface area contributed by atoms with Gasteiger partial charge in [-0.15, -0.1) is 10.2 Å². The number of imide groups is 1. The molecule has 0 aliphatic carbocycles. The maximum Gasteiger partial charge on any atom is 0.286 e. The van der Waals surface area contributed by atoms with E-state index in [1.165, 1.54) is 11.3 Å². The minimum Gasteiger partial charge on any atom is -0.300 e. The highest BCUT2D eigenvalue weighted by Crippen LogP contribution is 2.31. The molecular weight excluding hydrogens is 360 g/mol. The SMILES string of the molecule is O=C(CC1SC(=O)NC1=O)Nc1nnc(-c2ccccc2Cl)s1. The number of hydrogen-bond donors (Lipinski definition) is 2. The standard InChI is InChI=1S/C13H9ClN4O3S2/c14-7-4-2-1-3-6(7)11-17-18-12(23-11)15-9(19)5-8-10(20)16-13(21)22-8/h1-4,8H,5H2,(H,15,18,19)(H,16,20,21). The van der Waals surface area contributed by atoms with E-state index in [0.29, 0.717) is 15.2 Å². The Morgan fingerprint density at radius 2 is 2.09 bits per heavy atom. The number of halogens is 1. The van der Waals surface area contributed by atoms with E-state index in [0.717, 1.165) is 17.3 Å². The van der Waals surface area contributed by atoms with Crippen molar-refractivity contribution in [1.82, 2.24) is 15.5 Å². The van der Waals surface area contributed by atoms with Gasteiger partial charge < -0.3 is 5.32 Å². The van der Waals surface area contributed by atoms with E-state index < -0.39 is 22.3 Å². The topological polar surface area (TPSA) is 101 Å². The van der Waals surface area contributed by atoms with Crippen molar-refractivity contribution in [3.8, 4) is 10.6 Å². The Bertz CT molecular complexity index is 795. The minimum absolute atomic E-state index is 0.108. The third kappa shape index (κ3) is 3.69. The summed E-state index contributed by atoms with van der Waals surface area (Å²) in [6, 6.07) is 7.18. The molecule has 0 radical (unpaired) electrons. The smallest absolute Gasteiger partial charge is 0.286 e. The third-order valence-corrected chi connectivity index (χ3v) is 5.10. The summed E-state index contributed by atoms with van der Waals surface area (Å²) < 4.78 is 0. The molecule has 118 valence electrons. The first-order chi connectivity index (χ1) is 11.0. The molecule has 1 atom stereocenters. The van der Waals surface area contributed by atoms with Gasteiger partial charge in [-0.05, 0) is 6.07 Å². The quantitative estimate of drug-likeness (QED) is 0.860. The van der Waals surface area contributed by atoms with E-state index in [-0.39, 0.29) is 6.42 Å². The van der Waals surface area contributed by atoms with Crippen molar-refractivity contribution >= 4 is 56.9 Å². The Labute approximate surface area is 143 Å². The number of carbonyl (C=O) groups is 3. The number of nitrogens with zero attached hydrogens (tertiary/aromatic N) is 2. The van der Waals surface area contributed by atoms with Crippen LogP contribution < -0.4 is 10.6 Å². The highest BCUT2D eigenvalue weighted by atomic mass is 35.5. The average Bonchev–Trinajstić information content (AvgIpc) is 3.06. The molecule has 1 aliphatic heterocycles. The van der Waals surface area contributed by atoms with Crippen molar-refractivity contribution in [3.05, 3.63) is 29.3 Å². The molecule has 1 saturated heterocycles. The highest BCUT2D eigenvalue weighted by molar-refractivity contribution is 8.15. The van der Waals surface area contributed by atoms with Gasteiger partial charge in [0, 0.05) is 12.0 Å². The van der Waals surface area contributed by atoms with Crippen molar-refractivity contribution in [2.75, 3.05) is 5.32 Å². The maximum absolute atomic E-state index is 11.9. The van der Waals surface area contributed by atoms with Gasteiger partial charge in [0.15, 0.2) is 5.01 Å². The van der Waals surface area contributed by atoms with E-state index in [1.807, 2.05) is 6.07 Å². The molecule has 1 unspecified atom stereocenters. The summed E-state index contributed by atoms with van der Waals surface area (Å²) in [6.45, 7) is 0. The van der Waals surface area contributed by atoms with Crippen LogP contribution in [0.2, 0.25) is 5.02 Å². The number of amides is 3. The lowest BCUT2D eigenvalue weighted by Gasteiger charge is -2.03. The van der Waals surface area contributed by atoms with Crippen molar-refractivity contribution in [2.45, 2.75) is 11.7 Å². The number of hydrogen-bond acceptors (Lipinski definition) is 7. The van der Waals surface area contributed by atoms with Crippen LogP contribution >= 0.6 is 34.7 Å². The maximum atomic E-state index is 11.9. The molecule has 1 fully saturated rings. The molecule has 0 saturated carbocycles. The van der Waals surface area contributed by atoms with Gasteiger partial charge >= 0.3 is 0 Å². The molecule has 1 aromatic carbocycles. The second-order valence-electron chi connectivity index (χ2n) is 4.53. The number of aromatic nitrogens is 2. The van der Waals surface area contributed by atoms with Gasteiger partial charge in [-0.1, -0.05) is 52.9 Å². The predicted molar refractivity (Wildman–Crippen MR) is 88.5 cm³/mol. The van der Waals surface area contributed by atoms with Crippen LogP contribution in [0.15, 0.2) is 24.3 Å². The molecule has 1 aliphatic rings. The van der Waals surface area contributed by atoms with Crippen LogP contribution in [0, 0.1) is 0 Å². The Morgan fingerprint density at radius 3 is 2.78 bits per heavy atom. The number of benzene rings is 1. The van der Waals surface area contributed by atoms with Gasteiger partial charge in [-0.2, -0.15) is 0 Å². The Hall–Kier alpha value is -1.97. The second kappa shape index (κ2) is 6.65. The van der Waals surface area contributed by atoms with E-state index in [9.17, 15) is 14.4 Å². The first-order valence-electron chi connectivity index (χ1n) is 6.42. The van der Waals surface area contributed by atoms with Crippen LogP contribution in [-0.2, 0) is 9.59 Å². The minimum atomic E-state index is -0.710. The molecule has 23 heavy (non-hydrogen) atoms. The molecule has 7 nitrogen and oxygen atoms in total. The largest absolute Gasteiger partial charge is 0.300 e. The van der Waals surface area contributed by atoms with Gasteiger partial charge in [0.2, 0.25) is 16.9 Å². The van der Waals surface area contributed by atoms with Crippen molar-refractivity contribution in [1.29, 1.82) is 0 Å². The van der Waals surface area contributed by atoms with Gasteiger partial charge in [0.05, 0.1) is 5.02 Å². The van der Waals surface area contributed by atoms with Crippen LogP contribution in [0.4, 0.5) is 9.93 Å². The first-order valence-corrected chi connectivity index (χ1v) is 8.50. The predicted octanol–water partition coefficient (Wildman–Crippen LogP) is 2.54. The van der Waals surface area contributed by atoms with Crippen molar-refractivity contribution in [3.63, 3.8) is 0 Å². The zero-order valence-corrected chi connectivity index (χ0v) is 13.8. The summed E-state index contributed by atoms with van der Waals surface area (Å²) in [5.41, 5.74) is 0.725. The van der Waals surface area contributed by atoms with Crippen LogP contribution in [0.1, 0.15) is 6.42 Å². The zero-order chi connectivity index (χ0) is 16.4. The normalized spacial score (nSPS) is 17.2. The molecule has 3 amide bonds. The molecule has 10 heteroatoms. The Balaban J connectivity index is 1.65. The van der Waals surface area contributed by atoms with Gasteiger partial charge in [0.1, 0.15) is 5.25 Å². The highest BCUT2D eigenvalue weighted by Gasteiger charge is 2.33. The number of carbonyl (C=O) groups excluding carboxylic acids is 3. The average molecular weight is 369 g/mol. The van der Waals surface area contributed by atoms with Crippen LogP contribution in [-0.4, -0.2) is 32.5 Å². The molecule has 2 heterocycles. The molecule has 2 aromatic rings. The molecule has 3 rings (SSSR count). The number of rotatable bonds is 4. The summed E-state index contributed by atoms with van der Waals surface area (Å²) in [6.07, 6.45) is -0.108. The van der Waals surface area contributed by atoms with Gasteiger partial charge in [-0.25, -0.2) is 0 Å². The van der Waals surface area contributed by atoms with Crippen LogP contribution in [0.25, 0.3) is 10.6 Å². The van der Waals surface area contributed by atoms with Gasteiger partial charge in [0.25, 0.3) is 5.24 Å². The Kier molecular flexibility index (Phi) is 4.60. The molecule has 0 spiro atoms. The lowest BCUT2D eigenvalue weighted by atomic mass is 10.2. The van der Waals surface area contributed by atoms with E-state index in [1.54, 1.807) is 18.2 Å². The zero-order valence-electron chi connectivity index (χ0n) is 11.4. The lowest BCUT2D eigenvalue weighted by molar-refractivity contribution is -0.122. The summed E-state index contributed by atoms with van der Waals surface area (Å²) in [5.74, 6) is -0.863. The first kappa shape index (κ1) is 15.9. The fourth-order valence-electron chi connectivity index (χ4n) is 1.88. The third-order valence-electron chi connectivity index (χ3n) is 2.91. The van der Waals surface area contributed by atoms with Crippen LogP contribution in [0.3, 0.4) is 0 Å². The summed E-state index contributed by atoms with van der Waals surface area (Å²) in [7, 11) is 0. The van der Waals surface area contributed by atoms with E-state index in [2.05, 4.69) is 20.8 Å². The molecule has 2 N–H and O–H groups in total. The monoisotopic (exact) mass is 368 g/mol. The fraction of sp³-hybridized carbons (Fsp3) is 0.154. The van der Waals surface area contributed by atoms with Gasteiger partial charge in [-0.3, -0.25) is 19.7 Å². The second-order valence-corrected chi connectivity index (χ2v) is 7.09. The van der Waals surface area contributed by atoms with Crippen molar-refractivity contribution < 1.29 is 14.4 Å². The lowest BCUT2D eigenvalue weighted by Crippen LogP contribution is -2.27. The summed E-state index contributed by atoms with van der Waals surface area (Å²) >= 11 is 8.07. The Morgan fingerprint density at radius 1 is 1.30 bits per heavy atom. The van der Waals surface area contributed by atoms with E-state index in [4.69, 9.17) is 11.6 Å². The number of anilines is 1. The van der Waals surface area contributed by atoms with Crippen LogP contribution in [0.5, 0.6) is 0 Å². The molecule has 1 aromatic heterocycles. The van der Waals surface area contributed by atoms with Crippen molar-refractivity contribution in [2.24, 2.45) is 0 Å². The molecular formula is C13H9ClN4O3S2.